The summed E-state index contributed by atoms with van der Waals surface area (Å²) in [6, 6.07) is 9.74. The third-order valence-electron chi connectivity index (χ3n) is 3.05. The zero-order chi connectivity index (χ0) is 13.3. The smallest absolute Gasteiger partial charge is 0.217 e. The highest BCUT2D eigenvalue weighted by molar-refractivity contribution is 5.42. The first kappa shape index (κ1) is 12.7. The average Bonchev–Trinajstić information content (AvgIpc) is 2.68. The summed E-state index contributed by atoms with van der Waals surface area (Å²) in [6.45, 7) is 8.36. The molecular weight excluding hydrogens is 224 g/mol. The lowest BCUT2D eigenvalue weighted by atomic mass is 9.97. The van der Waals surface area contributed by atoms with E-state index in [-0.39, 0.29) is 11.8 Å². The molecule has 0 bridgehead atoms. The molecule has 0 saturated carbocycles. The third-order valence-corrected chi connectivity index (χ3v) is 3.05. The molecule has 3 heteroatoms. The molecule has 1 N–H and O–H groups in total. The normalized spacial score (nSPS) is 11.4. The molecule has 1 aromatic heterocycles. The summed E-state index contributed by atoms with van der Waals surface area (Å²) in [7, 11) is 0. The van der Waals surface area contributed by atoms with Crippen molar-refractivity contribution in [3.63, 3.8) is 0 Å². The highest BCUT2D eigenvalue weighted by Gasteiger charge is 2.22. The standard InChI is InChI=1S/C15H20N2O/c1-10(2)13-14(11(3)4)16-17(15(13)18)12-8-6-5-7-9-12/h5-11,18H,1-4H3. The Bertz CT molecular complexity index is 527. The lowest BCUT2D eigenvalue weighted by molar-refractivity contribution is 0.425. The largest absolute Gasteiger partial charge is 0.493 e. The van der Waals surface area contributed by atoms with Crippen LogP contribution in [0.2, 0.25) is 0 Å². The Balaban J connectivity index is 2.61. The van der Waals surface area contributed by atoms with Crippen molar-refractivity contribution < 1.29 is 5.11 Å². The van der Waals surface area contributed by atoms with Gasteiger partial charge in [0.1, 0.15) is 0 Å². The summed E-state index contributed by atoms with van der Waals surface area (Å²) in [5.74, 6) is 0.832. The number of para-hydroxylation sites is 1. The molecule has 0 radical (unpaired) electrons. The van der Waals surface area contributed by atoms with E-state index in [1.165, 1.54) is 0 Å². The SMILES string of the molecule is CC(C)c1nn(-c2ccccc2)c(O)c1C(C)C. The van der Waals surface area contributed by atoms with E-state index in [1.807, 2.05) is 30.3 Å². The van der Waals surface area contributed by atoms with Gasteiger partial charge in [0.2, 0.25) is 5.88 Å². The van der Waals surface area contributed by atoms with Crippen LogP contribution < -0.4 is 0 Å². The number of aromatic hydroxyl groups is 1. The minimum atomic E-state index is 0.264. The van der Waals surface area contributed by atoms with Gasteiger partial charge in [-0.3, -0.25) is 0 Å². The lowest BCUT2D eigenvalue weighted by Gasteiger charge is -2.08. The second kappa shape index (κ2) is 4.84. The van der Waals surface area contributed by atoms with Gasteiger partial charge in [0.15, 0.2) is 0 Å². The number of hydrogen-bond acceptors (Lipinski definition) is 2. The van der Waals surface area contributed by atoms with Gasteiger partial charge in [-0.2, -0.15) is 5.10 Å². The van der Waals surface area contributed by atoms with Crippen LogP contribution in [0.1, 0.15) is 50.8 Å². The molecule has 2 aromatic rings. The van der Waals surface area contributed by atoms with Gasteiger partial charge < -0.3 is 5.11 Å². The summed E-state index contributed by atoms with van der Waals surface area (Å²) in [6.07, 6.45) is 0. The molecule has 3 nitrogen and oxygen atoms in total. The zero-order valence-corrected chi connectivity index (χ0v) is 11.4. The minimum Gasteiger partial charge on any atom is -0.493 e. The van der Waals surface area contributed by atoms with Gasteiger partial charge in [-0.25, -0.2) is 4.68 Å². The molecule has 0 saturated heterocycles. The molecule has 96 valence electrons. The van der Waals surface area contributed by atoms with Crippen LogP contribution in [0, 0.1) is 0 Å². The second-order valence-corrected chi connectivity index (χ2v) is 5.18. The summed E-state index contributed by atoms with van der Waals surface area (Å²) in [5, 5.41) is 15.0. The summed E-state index contributed by atoms with van der Waals surface area (Å²) < 4.78 is 1.63. The number of benzene rings is 1. The van der Waals surface area contributed by atoms with Crippen molar-refractivity contribution in [2.45, 2.75) is 39.5 Å². The van der Waals surface area contributed by atoms with Crippen molar-refractivity contribution in [2.75, 3.05) is 0 Å². The predicted octanol–water partition coefficient (Wildman–Crippen LogP) is 3.82. The minimum absolute atomic E-state index is 0.264. The van der Waals surface area contributed by atoms with E-state index in [0.717, 1.165) is 16.9 Å². The Kier molecular flexibility index (Phi) is 3.41. The fourth-order valence-corrected chi connectivity index (χ4v) is 2.17. The molecule has 1 aromatic carbocycles. The van der Waals surface area contributed by atoms with Crippen LogP contribution in [0.5, 0.6) is 5.88 Å². The van der Waals surface area contributed by atoms with Crippen LogP contribution >= 0.6 is 0 Å². The number of nitrogens with zero attached hydrogens (tertiary/aromatic N) is 2. The predicted molar refractivity (Wildman–Crippen MR) is 73.4 cm³/mol. The Morgan fingerprint density at radius 3 is 2.06 bits per heavy atom. The van der Waals surface area contributed by atoms with E-state index in [1.54, 1.807) is 4.68 Å². The Labute approximate surface area is 108 Å². The van der Waals surface area contributed by atoms with Crippen LogP contribution in [0.15, 0.2) is 30.3 Å². The monoisotopic (exact) mass is 244 g/mol. The van der Waals surface area contributed by atoms with Gasteiger partial charge in [0.25, 0.3) is 0 Å². The average molecular weight is 244 g/mol. The van der Waals surface area contributed by atoms with Crippen molar-refractivity contribution >= 4 is 0 Å². The van der Waals surface area contributed by atoms with Gasteiger partial charge >= 0.3 is 0 Å². The first-order valence-electron chi connectivity index (χ1n) is 6.39. The van der Waals surface area contributed by atoms with E-state index in [9.17, 15) is 5.11 Å². The molecule has 0 spiro atoms. The number of rotatable bonds is 3. The molecule has 0 aliphatic heterocycles. The van der Waals surface area contributed by atoms with E-state index >= 15 is 0 Å². The molecule has 1 heterocycles. The van der Waals surface area contributed by atoms with E-state index < -0.39 is 0 Å². The van der Waals surface area contributed by atoms with Crippen molar-refractivity contribution in [1.82, 2.24) is 9.78 Å². The Morgan fingerprint density at radius 2 is 1.61 bits per heavy atom. The first-order valence-corrected chi connectivity index (χ1v) is 6.39. The van der Waals surface area contributed by atoms with Gasteiger partial charge in [0, 0.05) is 5.56 Å². The molecule has 0 unspecified atom stereocenters. The highest BCUT2D eigenvalue weighted by Crippen LogP contribution is 2.34. The molecule has 0 aliphatic carbocycles. The van der Waals surface area contributed by atoms with Gasteiger partial charge in [-0.05, 0) is 24.0 Å². The lowest BCUT2D eigenvalue weighted by Crippen LogP contribution is -1.97. The highest BCUT2D eigenvalue weighted by atomic mass is 16.3. The van der Waals surface area contributed by atoms with E-state index in [2.05, 4.69) is 32.8 Å². The summed E-state index contributed by atoms with van der Waals surface area (Å²) >= 11 is 0. The molecular formula is C15H20N2O. The van der Waals surface area contributed by atoms with Gasteiger partial charge in [-0.1, -0.05) is 45.9 Å². The second-order valence-electron chi connectivity index (χ2n) is 5.18. The maximum Gasteiger partial charge on any atom is 0.217 e. The fraction of sp³-hybridized carbons (Fsp3) is 0.400. The molecule has 0 aliphatic rings. The molecule has 0 atom stereocenters. The van der Waals surface area contributed by atoms with Crippen molar-refractivity contribution in [3.05, 3.63) is 41.6 Å². The molecule has 0 amide bonds. The van der Waals surface area contributed by atoms with Crippen molar-refractivity contribution in [3.8, 4) is 11.6 Å². The molecule has 2 rings (SSSR count). The van der Waals surface area contributed by atoms with E-state index in [0.29, 0.717) is 5.92 Å². The molecule has 0 fully saturated rings. The summed E-state index contributed by atoms with van der Waals surface area (Å²) in [5.41, 5.74) is 2.82. The van der Waals surface area contributed by atoms with Crippen LogP contribution in [0.3, 0.4) is 0 Å². The number of aromatic nitrogens is 2. The van der Waals surface area contributed by atoms with Crippen molar-refractivity contribution in [2.24, 2.45) is 0 Å². The van der Waals surface area contributed by atoms with Crippen LogP contribution in [0.25, 0.3) is 5.69 Å². The first-order chi connectivity index (χ1) is 8.52. The van der Waals surface area contributed by atoms with Gasteiger partial charge in [-0.15, -0.1) is 0 Å². The number of hydrogen-bond donors (Lipinski definition) is 1. The van der Waals surface area contributed by atoms with Crippen LogP contribution in [0.4, 0.5) is 0 Å². The van der Waals surface area contributed by atoms with E-state index in [4.69, 9.17) is 0 Å². The van der Waals surface area contributed by atoms with Crippen molar-refractivity contribution in [1.29, 1.82) is 0 Å². The third kappa shape index (κ3) is 2.13. The molecule has 18 heavy (non-hydrogen) atoms. The fourth-order valence-electron chi connectivity index (χ4n) is 2.17. The van der Waals surface area contributed by atoms with Crippen LogP contribution in [-0.2, 0) is 0 Å². The Morgan fingerprint density at radius 1 is 1.00 bits per heavy atom. The zero-order valence-electron chi connectivity index (χ0n) is 11.4. The maximum atomic E-state index is 10.4. The topological polar surface area (TPSA) is 38.0 Å². The van der Waals surface area contributed by atoms with Crippen LogP contribution in [-0.4, -0.2) is 14.9 Å². The summed E-state index contributed by atoms with van der Waals surface area (Å²) in [4.78, 5) is 0. The maximum absolute atomic E-state index is 10.4. The quantitative estimate of drug-likeness (QED) is 0.891. The van der Waals surface area contributed by atoms with Gasteiger partial charge in [0.05, 0.1) is 11.4 Å². The Hall–Kier alpha value is -1.77.